The van der Waals surface area contributed by atoms with Crippen LogP contribution in [0.2, 0.25) is 13.1 Å². The van der Waals surface area contributed by atoms with Gasteiger partial charge in [0.25, 0.3) is 0 Å². The molecule has 0 aliphatic heterocycles. The maximum Gasteiger partial charge on any atom is 0.0355 e. The van der Waals surface area contributed by atoms with Crippen LogP contribution in [0.4, 0.5) is 0 Å². The number of allylic oxidation sites excluding steroid dienone is 4. The van der Waals surface area contributed by atoms with Gasteiger partial charge in [0.15, 0.2) is 0 Å². The van der Waals surface area contributed by atoms with E-state index in [1.165, 1.54) is 33.4 Å². The minimum absolute atomic E-state index is 0.164. The molecule has 0 saturated carbocycles. The van der Waals surface area contributed by atoms with Gasteiger partial charge in [0, 0.05) is 14.3 Å². The van der Waals surface area contributed by atoms with Gasteiger partial charge in [-0.2, -0.15) is 0 Å². The van der Waals surface area contributed by atoms with E-state index in [1.807, 2.05) is 0 Å². The highest BCUT2D eigenvalue weighted by Gasteiger charge is 2.36. The predicted octanol–water partition coefficient (Wildman–Crippen LogP) is 6.22. The first-order valence-corrected chi connectivity index (χ1v) is 11.7. The van der Waals surface area contributed by atoms with Crippen LogP contribution in [0.3, 0.4) is 0 Å². The van der Waals surface area contributed by atoms with Gasteiger partial charge in [-0.25, -0.2) is 0 Å². The van der Waals surface area contributed by atoms with Crippen molar-refractivity contribution in [1.82, 2.24) is 0 Å². The molecule has 0 radical (unpaired) electrons. The van der Waals surface area contributed by atoms with E-state index >= 15 is 0 Å². The van der Waals surface area contributed by atoms with Crippen LogP contribution >= 0.6 is 0 Å². The highest BCUT2D eigenvalue weighted by molar-refractivity contribution is 6.73. The molecule has 0 nitrogen and oxygen atoms in total. The molecular weight excluding hydrogens is 316 g/mol. The smallest absolute Gasteiger partial charge is 0.0355 e. The number of rotatable bonds is 1. The Balaban J connectivity index is 1.97. The maximum absolute atomic E-state index is 2.51. The van der Waals surface area contributed by atoms with Gasteiger partial charge in [0.05, 0.1) is 0 Å². The Morgan fingerprint density at radius 1 is 0.760 bits per heavy atom. The number of benzene rings is 2. The van der Waals surface area contributed by atoms with E-state index in [4.69, 9.17) is 0 Å². The molecule has 0 heterocycles. The molecule has 0 saturated heterocycles. The average Bonchev–Trinajstić information content (AvgIpc) is 3.14. The van der Waals surface area contributed by atoms with Gasteiger partial charge < -0.3 is 0 Å². The second kappa shape index (κ2) is 5.78. The third kappa shape index (κ3) is 2.62. The fraction of sp³-hybridized carbons (Fsp3) is 0.292. The van der Waals surface area contributed by atoms with E-state index in [0.717, 1.165) is 0 Å². The summed E-state index contributed by atoms with van der Waals surface area (Å²) < 4.78 is 0. The number of fused-ring (bicyclic) bond motifs is 3. The molecule has 0 amide bonds. The third-order valence-corrected chi connectivity index (χ3v) is 6.90. The fourth-order valence-electron chi connectivity index (χ4n) is 4.19. The predicted molar refractivity (Wildman–Crippen MR) is 112 cm³/mol. The van der Waals surface area contributed by atoms with Crippen molar-refractivity contribution >= 4 is 13.6 Å². The van der Waals surface area contributed by atoms with Gasteiger partial charge in [-0.1, -0.05) is 94.5 Å². The van der Waals surface area contributed by atoms with Gasteiger partial charge in [0.2, 0.25) is 0 Å². The topological polar surface area (TPSA) is 0 Å². The zero-order chi connectivity index (χ0) is 17.8. The Kier molecular flexibility index (Phi) is 3.81. The first kappa shape index (κ1) is 16.5. The molecule has 2 aromatic carbocycles. The average molecular weight is 343 g/mol. The standard InChI is InChI=1S/C24H26Si/c1-24(2,3)22-15-16(25(4)5)14-21(22)23-19-12-8-6-10-17(19)18-11-7-9-13-20(18)23/h6-15,23H,1-5H3. The fourth-order valence-corrected chi connectivity index (χ4v) is 5.07. The summed E-state index contributed by atoms with van der Waals surface area (Å²) in [6.45, 7) is 11.8. The lowest BCUT2D eigenvalue weighted by Gasteiger charge is -2.27. The molecule has 0 fully saturated rings. The molecule has 2 aromatic rings. The Morgan fingerprint density at radius 3 is 1.76 bits per heavy atom. The first-order chi connectivity index (χ1) is 11.9. The minimum atomic E-state index is -0.455. The van der Waals surface area contributed by atoms with E-state index in [9.17, 15) is 0 Å². The molecule has 4 rings (SSSR count). The summed E-state index contributed by atoms with van der Waals surface area (Å²) in [5, 5.41) is 1.56. The normalized spacial score (nSPS) is 16.4. The van der Waals surface area contributed by atoms with Crippen molar-refractivity contribution in [2.24, 2.45) is 5.41 Å². The molecule has 2 aliphatic rings. The lowest BCUT2D eigenvalue weighted by Crippen LogP contribution is -2.14. The van der Waals surface area contributed by atoms with E-state index in [1.54, 1.807) is 5.17 Å². The van der Waals surface area contributed by atoms with E-state index < -0.39 is 8.41 Å². The van der Waals surface area contributed by atoms with Crippen LogP contribution in [-0.2, 0) is 0 Å². The molecule has 0 spiro atoms. The van der Waals surface area contributed by atoms with Crippen LogP contribution < -0.4 is 0 Å². The van der Waals surface area contributed by atoms with E-state index in [2.05, 4.69) is 94.5 Å². The lowest BCUT2D eigenvalue weighted by molar-refractivity contribution is 0.507. The molecule has 1 heteroatoms. The minimum Gasteiger partial charge on any atom is -0.0619 e. The Labute approximate surface area is 153 Å². The van der Waals surface area contributed by atoms with Gasteiger partial charge in [0.1, 0.15) is 0 Å². The second-order valence-electron chi connectivity index (χ2n) is 8.47. The molecule has 0 N–H and O–H groups in total. The van der Waals surface area contributed by atoms with Gasteiger partial charge in [-0.15, -0.1) is 0 Å². The van der Waals surface area contributed by atoms with Crippen molar-refractivity contribution in [3.05, 3.63) is 83.0 Å². The summed E-state index contributed by atoms with van der Waals surface area (Å²) >= 11 is 0. The SMILES string of the molecule is C[Si](C)=C1C=C(C2c3ccccc3-c3ccccc32)C(C(C)(C)C)=C1. The number of hydrogen-bond acceptors (Lipinski definition) is 0. The molecule has 0 aromatic heterocycles. The molecule has 25 heavy (non-hydrogen) atoms. The Bertz CT molecular complexity index is 899. The van der Waals surface area contributed by atoms with Crippen LogP contribution in [0.25, 0.3) is 11.1 Å². The van der Waals surface area contributed by atoms with Crippen LogP contribution in [0.1, 0.15) is 37.8 Å². The molecule has 0 unspecified atom stereocenters. The lowest BCUT2D eigenvalue weighted by atomic mass is 9.76. The highest BCUT2D eigenvalue weighted by atomic mass is 28.2. The largest absolute Gasteiger partial charge is 0.0619 e. The maximum atomic E-state index is 2.51. The van der Waals surface area contributed by atoms with Crippen LogP contribution in [0.15, 0.2) is 71.8 Å². The summed E-state index contributed by atoms with van der Waals surface area (Å²) in [5.74, 6) is 0.372. The molecule has 0 bridgehead atoms. The van der Waals surface area contributed by atoms with Crippen molar-refractivity contribution in [3.8, 4) is 11.1 Å². The van der Waals surface area contributed by atoms with Crippen molar-refractivity contribution in [2.45, 2.75) is 39.8 Å². The summed E-state index contributed by atoms with van der Waals surface area (Å²) in [6.07, 6.45) is 5.01. The first-order valence-electron chi connectivity index (χ1n) is 9.18. The third-order valence-electron chi connectivity index (χ3n) is 5.45. The summed E-state index contributed by atoms with van der Waals surface area (Å²) in [6, 6.07) is 17.9. The summed E-state index contributed by atoms with van der Waals surface area (Å²) in [7, 11) is -0.455. The Hall–Kier alpha value is -1.99. The monoisotopic (exact) mass is 342 g/mol. The number of hydrogen-bond donors (Lipinski definition) is 0. The Morgan fingerprint density at radius 2 is 1.28 bits per heavy atom. The van der Waals surface area contributed by atoms with Crippen LogP contribution in [0, 0.1) is 5.41 Å². The van der Waals surface area contributed by atoms with Crippen molar-refractivity contribution in [2.75, 3.05) is 0 Å². The van der Waals surface area contributed by atoms with Crippen molar-refractivity contribution in [3.63, 3.8) is 0 Å². The molecule has 0 atom stereocenters. The quantitative estimate of drug-likeness (QED) is 0.540. The van der Waals surface area contributed by atoms with Crippen molar-refractivity contribution in [1.29, 1.82) is 0 Å². The zero-order valence-electron chi connectivity index (χ0n) is 15.9. The van der Waals surface area contributed by atoms with Gasteiger partial charge in [-0.05, 0) is 44.0 Å². The van der Waals surface area contributed by atoms with Crippen LogP contribution in [0.5, 0.6) is 0 Å². The molecule has 126 valence electrons. The summed E-state index contributed by atoms with van der Waals surface area (Å²) in [4.78, 5) is 0. The van der Waals surface area contributed by atoms with Crippen molar-refractivity contribution < 1.29 is 0 Å². The van der Waals surface area contributed by atoms with Gasteiger partial charge in [-0.3, -0.25) is 0 Å². The summed E-state index contributed by atoms with van der Waals surface area (Å²) in [5.41, 5.74) is 8.95. The van der Waals surface area contributed by atoms with E-state index in [-0.39, 0.29) is 5.41 Å². The molecule has 2 aliphatic carbocycles. The highest BCUT2D eigenvalue weighted by Crippen LogP contribution is 2.52. The second-order valence-corrected chi connectivity index (χ2v) is 11.0. The molecular formula is C24H26Si. The van der Waals surface area contributed by atoms with Gasteiger partial charge >= 0.3 is 0 Å². The van der Waals surface area contributed by atoms with Crippen LogP contribution in [-0.4, -0.2) is 13.6 Å². The zero-order valence-corrected chi connectivity index (χ0v) is 16.9. The van der Waals surface area contributed by atoms with E-state index in [0.29, 0.717) is 5.92 Å².